The van der Waals surface area contributed by atoms with Crippen LogP contribution in [0.2, 0.25) is 0 Å². The Kier molecular flexibility index (Phi) is 3.69. The minimum Gasteiger partial charge on any atom is -0.341 e. The van der Waals surface area contributed by atoms with Crippen LogP contribution in [0.5, 0.6) is 0 Å². The molecule has 2 heterocycles. The van der Waals surface area contributed by atoms with E-state index in [2.05, 4.69) is 35.9 Å². The van der Waals surface area contributed by atoms with Crippen LogP contribution in [0.4, 0.5) is 0 Å². The summed E-state index contributed by atoms with van der Waals surface area (Å²) in [4.78, 5) is 11.1. The van der Waals surface area contributed by atoms with Gasteiger partial charge in [-0.2, -0.15) is 0 Å². The smallest absolute Gasteiger partial charge is 0.121 e. The van der Waals surface area contributed by atoms with Crippen molar-refractivity contribution in [1.29, 1.82) is 0 Å². The van der Waals surface area contributed by atoms with Gasteiger partial charge >= 0.3 is 0 Å². The van der Waals surface area contributed by atoms with Gasteiger partial charge in [0.15, 0.2) is 0 Å². The lowest BCUT2D eigenvalue weighted by atomic mass is 9.91. The first kappa shape index (κ1) is 14.3. The molecule has 22 heavy (non-hydrogen) atoms. The fourth-order valence-corrected chi connectivity index (χ4v) is 4.33. The zero-order chi connectivity index (χ0) is 15.1. The number of nitrogens with one attached hydrogen (secondary N) is 1. The molecule has 1 aliphatic carbocycles. The van der Waals surface area contributed by atoms with E-state index in [0.717, 1.165) is 17.9 Å². The van der Waals surface area contributed by atoms with Crippen LogP contribution in [0.25, 0.3) is 11.0 Å². The van der Waals surface area contributed by atoms with E-state index in [-0.39, 0.29) is 0 Å². The minimum absolute atomic E-state index is 0.671. The van der Waals surface area contributed by atoms with Crippen LogP contribution >= 0.6 is 0 Å². The average Bonchev–Trinajstić information content (AvgIpc) is 2.90. The number of rotatable bonds is 2. The molecule has 4 rings (SSSR count). The lowest BCUT2D eigenvalue weighted by Crippen LogP contribution is -2.43. The van der Waals surface area contributed by atoms with Crippen molar-refractivity contribution in [3.05, 3.63) is 29.1 Å². The third-order valence-corrected chi connectivity index (χ3v) is 5.70. The Bertz CT molecular complexity index is 620. The van der Waals surface area contributed by atoms with E-state index >= 15 is 0 Å². The van der Waals surface area contributed by atoms with Gasteiger partial charge in [-0.25, -0.2) is 4.98 Å². The standard InChI is InChI=1S/C19H27N3/c1-13-6-5-7-14(2)22(13)12-19-20-17-10-15-8-3-4-9-16(15)11-18(17)21-19/h10-11,13-14H,3-9,12H2,1-2H3,(H,20,21). The first-order valence-electron chi connectivity index (χ1n) is 8.97. The van der Waals surface area contributed by atoms with Gasteiger partial charge in [0.25, 0.3) is 0 Å². The predicted molar refractivity (Wildman–Crippen MR) is 91.1 cm³/mol. The SMILES string of the molecule is CC1CCCC(C)N1Cc1nc2cc3c(cc2[nH]1)CCCC3. The number of imidazole rings is 1. The third-order valence-electron chi connectivity index (χ3n) is 5.70. The monoisotopic (exact) mass is 297 g/mol. The summed E-state index contributed by atoms with van der Waals surface area (Å²) >= 11 is 0. The topological polar surface area (TPSA) is 31.9 Å². The van der Waals surface area contributed by atoms with Crippen molar-refractivity contribution in [2.75, 3.05) is 0 Å². The number of aryl methyl sites for hydroxylation is 2. The maximum Gasteiger partial charge on any atom is 0.121 e. The Hall–Kier alpha value is -1.35. The highest BCUT2D eigenvalue weighted by molar-refractivity contribution is 5.77. The molecule has 118 valence electrons. The number of likely N-dealkylation sites (tertiary alicyclic amines) is 1. The van der Waals surface area contributed by atoms with Crippen LogP contribution in [-0.2, 0) is 19.4 Å². The van der Waals surface area contributed by atoms with Crippen LogP contribution in [0, 0.1) is 0 Å². The lowest BCUT2D eigenvalue weighted by Gasteiger charge is -2.38. The van der Waals surface area contributed by atoms with Crippen molar-refractivity contribution in [2.24, 2.45) is 0 Å². The Morgan fingerprint density at radius 1 is 1.05 bits per heavy atom. The van der Waals surface area contributed by atoms with Gasteiger partial charge in [0, 0.05) is 12.1 Å². The number of piperidine rings is 1. The number of H-pyrrole nitrogens is 1. The molecule has 1 aromatic heterocycles. The van der Waals surface area contributed by atoms with Gasteiger partial charge in [-0.15, -0.1) is 0 Å². The van der Waals surface area contributed by atoms with E-state index in [0.29, 0.717) is 12.1 Å². The average molecular weight is 297 g/mol. The van der Waals surface area contributed by atoms with Crippen LogP contribution < -0.4 is 0 Å². The van der Waals surface area contributed by atoms with Gasteiger partial charge in [-0.05, 0) is 75.6 Å². The summed E-state index contributed by atoms with van der Waals surface area (Å²) in [5.41, 5.74) is 5.45. The van der Waals surface area contributed by atoms with Crippen molar-refractivity contribution in [1.82, 2.24) is 14.9 Å². The fraction of sp³-hybridized carbons (Fsp3) is 0.632. The highest BCUT2D eigenvalue weighted by Gasteiger charge is 2.25. The van der Waals surface area contributed by atoms with Gasteiger partial charge in [-0.3, -0.25) is 4.90 Å². The first-order valence-corrected chi connectivity index (χ1v) is 8.97. The maximum atomic E-state index is 4.89. The molecular weight excluding hydrogens is 270 g/mol. The summed E-state index contributed by atoms with van der Waals surface area (Å²) in [5, 5.41) is 0. The molecule has 1 N–H and O–H groups in total. The number of benzene rings is 1. The van der Waals surface area contributed by atoms with Crippen molar-refractivity contribution in [3.63, 3.8) is 0 Å². The minimum atomic E-state index is 0.671. The molecule has 2 unspecified atom stereocenters. The first-order chi connectivity index (χ1) is 10.7. The van der Waals surface area contributed by atoms with Gasteiger partial charge in [0.2, 0.25) is 0 Å². The van der Waals surface area contributed by atoms with Crippen LogP contribution in [0.1, 0.15) is 62.9 Å². The Morgan fingerprint density at radius 3 is 2.45 bits per heavy atom. The van der Waals surface area contributed by atoms with Gasteiger partial charge in [-0.1, -0.05) is 6.42 Å². The summed E-state index contributed by atoms with van der Waals surface area (Å²) < 4.78 is 0. The van der Waals surface area contributed by atoms with E-state index < -0.39 is 0 Å². The van der Waals surface area contributed by atoms with E-state index in [4.69, 9.17) is 4.98 Å². The Balaban J connectivity index is 1.62. The zero-order valence-corrected chi connectivity index (χ0v) is 13.9. The highest BCUT2D eigenvalue weighted by atomic mass is 15.2. The second-order valence-corrected chi connectivity index (χ2v) is 7.33. The van der Waals surface area contributed by atoms with E-state index in [9.17, 15) is 0 Å². The summed E-state index contributed by atoms with van der Waals surface area (Å²) in [7, 11) is 0. The fourth-order valence-electron chi connectivity index (χ4n) is 4.33. The van der Waals surface area contributed by atoms with Gasteiger partial charge < -0.3 is 4.98 Å². The predicted octanol–water partition coefficient (Wildman–Crippen LogP) is 4.20. The summed E-state index contributed by atoms with van der Waals surface area (Å²) in [6.45, 7) is 5.68. The molecular formula is C19H27N3. The number of aromatic nitrogens is 2. The summed E-state index contributed by atoms with van der Waals surface area (Å²) in [6.07, 6.45) is 9.14. The zero-order valence-electron chi connectivity index (χ0n) is 13.9. The molecule has 3 nitrogen and oxygen atoms in total. The van der Waals surface area contributed by atoms with Crippen molar-refractivity contribution in [2.45, 2.75) is 77.4 Å². The van der Waals surface area contributed by atoms with Crippen LogP contribution in [0.3, 0.4) is 0 Å². The van der Waals surface area contributed by atoms with Crippen LogP contribution in [-0.4, -0.2) is 27.0 Å². The van der Waals surface area contributed by atoms with E-state index in [1.807, 2.05) is 0 Å². The molecule has 0 radical (unpaired) electrons. The molecule has 0 saturated carbocycles. The van der Waals surface area contributed by atoms with Gasteiger partial charge in [0.1, 0.15) is 5.82 Å². The third kappa shape index (κ3) is 2.56. The lowest BCUT2D eigenvalue weighted by molar-refractivity contribution is 0.0926. The normalized spacial score (nSPS) is 26.3. The number of fused-ring (bicyclic) bond motifs is 2. The van der Waals surface area contributed by atoms with Gasteiger partial charge in [0.05, 0.1) is 17.6 Å². The Labute approximate surface area is 133 Å². The summed E-state index contributed by atoms with van der Waals surface area (Å²) in [5.74, 6) is 1.14. The molecule has 1 fully saturated rings. The molecule has 3 heteroatoms. The highest BCUT2D eigenvalue weighted by Crippen LogP contribution is 2.27. The van der Waals surface area contributed by atoms with Crippen molar-refractivity contribution < 1.29 is 0 Å². The largest absolute Gasteiger partial charge is 0.341 e. The quantitative estimate of drug-likeness (QED) is 0.900. The van der Waals surface area contributed by atoms with Crippen molar-refractivity contribution in [3.8, 4) is 0 Å². The number of aromatic amines is 1. The molecule has 1 aromatic carbocycles. The number of nitrogens with zero attached hydrogens (tertiary/aromatic N) is 2. The molecule has 0 bridgehead atoms. The molecule has 0 spiro atoms. The molecule has 2 atom stereocenters. The Morgan fingerprint density at radius 2 is 1.73 bits per heavy atom. The van der Waals surface area contributed by atoms with E-state index in [1.54, 1.807) is 0 Å². The van der Waals surface area contributed by atoms with Crippen molar-refractivity contribution >= 4 is 11.0 Å². The molecule has 1 aliphatic heterocycles. The molecule has 2 aliphatic rings. The van der Waals surface area contributed by atoms with Crippen LogP contribution in [0.15, 0.2) is 12.1 Å². The molecule has 1 saturated heterocycles. The molecule has 0 amide bonds. The number of hydrogen-bond donors (Lipinski definition) is 1. The summed E-state index contributed by atoms with van der Waals surface area (Å²) in [6, 6.07) is 6.02. The second-order valence-electron chi connectivity index (χ2n) is 7.33. The maximum absolute atomic E-state index is 4.89. The van der Waals surface area contributed by atoms with E-state index in [1.165, 1.54) is 61.6 Å². The molecule has 2 aromatic rings. The second kappa shape index (κ2) is 5.69. The number of hydrogen-bond acceptors (Lipinski definition) is 2.